The summed E-state index contributed by atoms with van der Waals surface area (Å²) in [6, 6.07) is 0. The summed E-state index contributed by atoms with van der Waals surface area (Å²) in [4.78, 5) is 11.5. The van der Waals surface area contributed by atoms with E-state index in [1.54, 1.807) is 20.8 Å². The number of ether oxygens (including phenoxy) is 1. The molecule has 17 heavy (non-hydrogen) atoms. The van der Waals surface area contributed by atoms with Gasteiger partial charge in [-0.15, -0.1) is 0 Å². The van der Waals surface area contributed by atoms with Crippen molar-refractivity contribution in [2.24, 2.45) is 17.3 Å². The average molecular weight is 250 g/mol. The number of alkyl halides is 3. The number of carbonyl (C=O) groups is 1. The van der Waals surface area contributed by atoms with E-state index < -0.39 is 29.1 Å². The molecule has 0 heterocycles. The van der Waals surface area contributed by atoms with E-state index in [2.05, 4.69) is 0 Å². The molecule has 0 saturated heterocycles. The molecule has 0 aromatic carbocycles. The third-order valence-corrected chi connectivity index (χ3v) is 3.33. The fourth-order valence-corrected chi connectivity index (χ4v) is 2.03. The average Bonchev–Trinajstić information content (AvgIpc) is 2.67. The molecule has 1 aliphatic carbocycles. The summed E-state index contributed by atoms with van der Waals surface area (Å²) in [5.74, 6) is -1.25. The van der Waals surface area contributed by atoms with E-state index in [4.69, 9.17) is 4.74 Å². The molecule has 0 spiro atoms. The highest BCUT2D eigenvalue weighted by atomic mass is 19.4. The summed E-state index contributed by atoms with van der Waals surface area (Å²) in [6.45, 7) is 6.51. The van der Waals surface area contributed by atoms with Crippen LogP contribution in [0.25, 0.3) is 0 Å². The Morgan fingerprint density at radius 1 is 1.41 bits per heavy atom. The summed E-state index contributed by atoms with van der Waals surface area (Å²) in [6.07, 6.45) is -3.18. The number of carbonyl (C=O) groups excluding carboxylic acids is 1. The van der Waals surface area contributed by atoms with Crippen LogP contribution in [0.2, 0.25) is 0 Å². The van der Waals surface area contributed by atoms with E-state index in [0.717, 1.165) is 13.0 Å². The van der Waals surface area contributed by atoms with E-state index in [-0.39, 0.29) is 12.5 Å². The van der Waals surface area contributed by atoms with Crippen molar-refractivity contribution in [2.75, 3.05) is 6.61 Å². The van der Waals surface area contributed by atoms with Gasteiger partial charge in [-0.25, -0.2) is 0 Å². The van der Waals surface area contributed by atoms with Crippen LogP contribution in [0.3, 0.4) is 0 Å². The molecule has 1 saturated carbocycles. The highest BCUT2D eigenvalue weighted by Crippen LogP contribution is 2.60. The Hall–Kier alpha value is -1.00. The zero-order valence-corrected chi connectivity index (χ0v) is 10.4. The molecule has 2 atom stereocenters. The molecule has 5 heteroatoms. The minimum absolute atomic E-state index is 0.250. The van der Waals surface area contributed by atoms with Crippen LogP contribution in [-0.2, 0) is 9.53 Å². The Labute approximate surface area is 98.8 Å². The molecular formula is C12H17F3O2. The summed E-state index contributed by atoms with van der Waals surface area (Å²) in [5, 5.41) is 0. The Bertz CT molecular complexity index is 342. The second kappa shape index (κ2) is 4.35. The molecule has 2 unspecified atom stereocenters. The first-order valence-electron chi connectivity index (χ1n) is 5.54. The quantitative estimate of drug-likeness (QED) is 0.567. The summed E-state index contributed by atoms with van der Waals surface area (Å²) >= 11 is 0. The normalized spacial score (nSPS) is 27.8. The molecule has 0 amide bonds. The lowest BCUT2D eigenvalue weighted by Gasteiger charge is -2.06. The molecule has 0 radical (unpaired) electrons. The maximum atomic E-state index is 12.4. The van der Waals surface area contributed by atoms with Crippen LogP contribution in [0.4, 0.5) is 13.2 Å². The van der Waals surface area contributed by atoms with Gasteiger partial charge >= 0.3 is 12.1 Å². The monoisotopic (exact) mass is 250 g/mol. The standard InChI is InChI=1S/C12H17F3O2/c1-5-17-10(16)9-8(11(9,3)4)6-7(2)12(13,14)15/h6,8-9H,5H2,1-4H3/b7-6+. The van der Waals surface area contributed by atoms with Crippen molar-refractivity contribution >= 4 is 5.97 Å². The van der Waals surface area contributed by atoms with Crippen molar-refractivity contribution < 1.29 is 22.7 Å². The largest absolute Gasteiger partial charge is 0.466 e. The highest BCUT2D eigenvalue weighted by Gasteiger charge is 2.61. The van der Waals surface area contributed by atoms with Crippen molar-refractivity contribution in [3.63, 3.8) is 0 Å². The van der Waals surface area contributed by atoms with Gasteiger partial charge in [-0.2, -0.15) is 13.2 Å². The van der Waals surface area contributed by atoms with E-state index in [9.17, 15) is 18.0 Å². The SMILES string of the molecule is CCOC(=O)C1C(/C=C(\C)C(F)(F)F)C1(C)C. The van der Waals surface area contributed by atoms with Crippen LogP contribution < -0.4 is 0 Å². The smallest absolute Gasteiger partial charge is 0.412 e. The fraction of sp³-hybridized carbons (Fsp3) is 0.750. The number of hydrogen-bond acceptors (Lipinski definition) is 2. The molecule has 1 aliphatic rings. The van der Waals surface area contributed by atoms with Gasteiger partial charge in [0, 0.05) is 5.57 Å². The van der Waals surface area contributed by atoms with E-state index >= 15 is 0 Å². The molecule has 0 aromatic heterocycles. The van der Waals surface area contributed by atoms with Crippen molar-refractivity contribution in [3.8, 4) is 0 Å². The maximum absolute atomic E-state index is 12.4. The lowest BCUT2D eigenvalue weighted by Crippen LogP contribution is -2.11. The molecular weight excluding hydrogens is 233 g/mol. The van der Waals surface area contributed by atoms with Crippen LogP contribution in [0.15, 0.2) is 11.6 Å². The predicted molar refractivity (Wildman–Crippen MR) is 57.2 cm³/mol. The van der Waals surface area contributed by atoms with Gasteiger partial charge in [0.1, 0.15) is 0 Å². The minimum Gasteiger partial charge on any atom is -0.466 e. The van der Waals surface area contributed by atoms with E-state index in [1.165, 1.54) is 0 Å². The van der Waals surface area contributed by atoms with Gasteiger partial charge < -0.3 is 4.74 Å². The zero-order chi connectivity index (χ0) is 13.4. The molecule has 0 aromatic rings. The number of hydrogen-bond donors (Lipinski definition) is 0. The molecule has 0 aliphatic heterocycles. The van der Waals surface area contributed by atoms with Crippen molar-refractivity contribution in [1.82, 2.24) is 0 Å². The van der Waals surface area contributed by atoms with Gasteiger partial charge in [0.15, 0.2) is 0 Å². The molecule has 1 fully saturated rings. The van der Waals surface area contributed by atoms with E-state index in [1.807, 2.05) is 0 Å². The molecule has 0 N–H and O–H groups in total. The van der Waals surface area contributed by atoms with Crippen LogP contribution in [0, 0.1) is 17.3 Å². The summed E-state index contributed by atoms with van der Waals surface area (Å²) < 4.78 is 42.0. The van der Waals surface area contributed by atoms with Crippen molar-refractivity contribution in [1.29, 1.82) is 0 Å². The number of allylic oxidation sites excluding steroid dienone is 2. The second-order valence-corrected chi connectivity index (χ2v) is 4.92. The van der Waals surface area contributed by atoms with Gasteiger partial charge in [-0.05, 0) is 25.2 Å². The first-order chi connectivity index (χ1) is 7.62. The number of halogens is 3. The zero-order valence-electron chi connectivity index (χ0n) is 10.4. The molecule has 2 nitrogen and oxygen atoms in total. The lowest BCUT2D eigenvalue weighted by atomic mass is 10.1. The topological polar surface area (TPSA) is 26.3 Å². The number of rotatable bonds is 3. The Morgan fingerprint density at radius 2 is 1.94 bits per heavy atom. The van der Waals surface area contributed by atoms with Gasteiger partial charge in [0.25, 0.3) is 0 Å². The van der Waals surface area contributed by atoms with Crippen LogP contribution in [0.5, 0.6) is 0 Å². The van der Waals surface area contributed by atoms with E-state index in [0.29, 0.717) is 0 Å². The summed E-state index contributed by atoms with van der Waals surface area (Å²) in [5.41, 5.74) is -1.10. The Morgan fingerprint density at radius 3 is 2.35 bits per heavy atom. The fourth-order valence-electron chi connectivity index (χ4n) is 2.03. The molecule has 1 rings (SSSR count). The number of esters is 1. The third-order valence-electron chi connectivity index (χ3n) is 3.33. The van der Waals surface area contributed by atoms with Crippen molar-refractivity contribution in [3.05, 3.63) is 11.6 Å². The van der Waals surface area contributed by atoms with Crippen LogP contribution in [-0.4, -0.2) is 18.8 Å². The summed E-state index contributed by atoms with van der Waals surface area (Å²) in [7, 11) is 0. The Balaban J connectivity index is 2.79. The highest BCUT2D eigenvalue weighted by molar-refractivity contribution is 5.78. The second-order valence-electron chi connectivity index (χ2n) is 4.92. The maximum Gasteiger partial charge on any atom is 0.412 e. The van der Waals surface area contributed by atoms with Crippen molar-refractivity contribution in [2.45, 2.75) is 33.9 Å². The Kier molecular flexibility index (Phi) is 3.60. The predicted octanol–water partition coefficient (Wildman–Crippen LogP) is 3.33. The molecule has 0 bridgehead atoms. The van der Waals surface area contributed by atoms with Gasteiger partial charge in [0.2, 0.25) is 0 Å². The minimum atomic E-state index is -4.32. The lowest BCUT2D eigenvalue weighted by molar-refractivity contribution is -0.145. The van der Waals surface area contributed by atoms with Gasteiger partial charge in [-0.1, -0.05) is 19.9 Å². The molecule has 98 valence electrons. The van der Waals surface area contributed by atoms with Gasteiger partial charge in [-0.3, -0.25) is 4.79 Å². The van der Waals surface area contributed by atoms with Crippen LogP contribution in [0.1, 0.15) is 27.7 Å². The van der Waals surface area contributed by atoms with Gasteiger partial charge in [0.05, 0.1) is 12.5 Å². The van der Waals surface area contributed by atoms with Crippen LogP contribution >= 0.6 is 0 Å². The first kappa shape index (κ1) is 14.1. The first-order valence-corrected chi connectivity index (χ1v) is 5.54. The third kappa shape index (κ3) is 2.82.